The lowest BCUT2D eigenvalue weighted by Crippen LogP contribution is -2.23. The zero-order valence-electron chi connectivity index (χ0n) is 9.16. The Morgan fingerprint density at radius 2 is 2.07 bits per heavy atom. The van der Waals surface area contributed by atoms with Gasteiger partial charge in [-0.25, -0.2) is 0 Å². The first kappa shape index (κ1) is 11.2. The molecule has 0 aromatic carbocycles. The third kappa shape index (κ3) is 2.12. The number of aromatic nitrogens is 2. The number of nitrogens with two attached hydrogens (primary N) is 1. The van der Waals surface area contributed by atoms with E-state index in [-0.39, 0.29) is 5.92 Å². The molecule has 1 heterocycles. The first-order valence-corrected chi connectivity index (χ1v) is 5.14. The molecule has 78 valence electrons. The minimum Gasteiger partial charge on any atom is -0.393 e. The molecule has 0 radical (unpaired) electrons. The maximum Gasteiger partial charge on any atom is 0.0774 e. The molecule has 3 nitrogen and oxygen atoms in total. The molecule has 4 heteroatoms. The molecule has 0 aliphatic heterocycles. The summed E-state index contributed by atoms with van der Waals surface area (Å²) < 4.78 is 1.98. The minimum absolute atomic E-state index is 0.197. The second kappa shape index (κ2) is 4.09. The second-order valence-electron chi connectivity index (χ2n) is 3.78. The number of hydrogen-bond acceptors (Lipinski definition) is 2. The fourth-order valence-electron chi connectivity index (χ4n) is 1.31. The zero-order chi connectivity index (χ0) is 10.9. The standard InChI is InChI=1S/C10H17N3S/c1-6(10(11)14)5-13-9(4)7(2)8(3)12-13/h6H,5H2,1-4H3,(H2,11,14). The van der Waals surface area contributed by atoms with Gasteiger partial charge in [0.1, 0.15) is 0 Å². The first-order chi connectivity index (χ1) is 6.43. The lowest BCUT2D eigenvalue weighted by Gasteiger charge is -2.10. The summed E-state index contributed by atoms with van der Waals surface area (Å²) in [4.78, 5) is 0.551. The molecular formula is C10H17N3S. The van der Waals surface area contributed by atoms with Crippen molar-refractivity contribution in [2.75, 3.05) is 0 Å². The monoisotopic (exact) mass is 211 g/mol. The van der Waals surface area contributed by atoms with Crippen molar-refractivity contribution < 1.29 is 0 Å². The average Bonchev–Trinajstić information content (AvgIpc) is 2.33. The van der Waals surface area contributed by atoms with Crippen LogP contribution in [0.4, 0.5) is 0 Å². The normalized spacial score (nSPS) is 12.9. The van der Waals surface area contributed by atoms with Gasteiger partial charge in [-0.15, -0.1) is 0 Å². The molecular weight excluding hydrogens is 194 g/mol. The quantitative estimate of drug-likeness (QED) is 0.774. The fraction of sp³-hybridized carbons (Fsp3) is 0.600. The first-order valence-electron chi connectivity index (χ1n) is 4.73. The van der Waals surface area contributed by atoms with E-state index in [1.807, 2.05) is 18.5 Å². The van der Waals surface area contributed by atoms with Crippen LogP contribution in [0, 0.1) is 26.7 Å². The Bertz CT molecular complexity index is 354. The lowest BCUT2D eigenvalue weighted by molar-refractivity contribution is 0.528. The van der Waals surface area contributed by atoms with E-state index in [1.54, 1.807) is 0 Å². The Morgan fingerprint density at radius 3 is 2.43 bits per heavy atom. The van der Waals surface area contributed by atoms with Gasteiger partial charge in [0.2, 0.25) is 0 Å². The predicted octanol–water partition coefficient (Wildman–Crippen LogP) is 1.73. The van der Waals surface area contributed by atoms with Crippen LogP contribution in [0.1, 0.15) is 23.9 Å². The van der Waals surface area contributed by atoms with Crippen molar-refractivity contribution in [2.24, 2.45) is 11.7 Å². The highest BCUT2D eigenvalue weighted by Crippen LogP contribution is 2.12. The number of rotatable bonds is 3. The van der Waals surface area contributed by atoms with Crippen molar-refractivity contribution in [1.82, 2.24) is 9.78 Å². The number of aryl methyl sites for hydroxylation is 1. The number of nitrogens with zero attached hydrogens (tertiary/aromatic N) is 2. The number of thiocarbonyl (C=S) groups is 1. The maximum absolute atomic E-state index is 5.57. The van der Waals surface area contributed by atoms with Gasteiger partial charge in [0, 0.05) is 11.6 Å². The van der Waals surface area contributed by atoms with Crippen LogP contribution in [0.2, 0.25) is 0 Å². The lowest BCUT2D eigenvalue weighted by atomic mass is 10.2. The second-order valence-corrected chi connectivity index (χ2v) is 4.25. The van der Waals surface area contributed by atoms with E-state index in [0.29, 0.717) is 4.99 Å². The van der Waals surface area contributed by atoms with Gasteiger partial charge in [-0.05, 0) is 26.3 Å². The van der Waals surface area contributed by atoms with Gasteiger partial charge in [0.15, 0.2) is 0 Å². The molecule has 0 fully saturated rings. The van der Waals surface area contributed by atoms with E-state index in [1.165, 1.54) is 11.3 Å². The number of hydrogen-bond donors (Lipinski definition) is 1. The molecule has 0 bridgehead atoms. The third-order valence-electron chi connectivity index (χ3n) is 2.68. The zero-order valence-corrected chi connectivity index (χ0v) is 9.98. The van der Waals surface area contributed by atoms with Crippen molar-refractivity contribution in [3.05, 3.63) is 17.0 Å². The van der Waals surface area contributed by atoms with Gasteiger partial charge in [0.25, 0.3) is 0 Å². The molecule has 1 aromatic rings. The van der Waals surface area contributed by atoms with Crippen LogP contribution < -0.4 is 5.73 Å². The van der Waals surface area contributed by atoms with Crippen LogP contribution in [0.3, 0.4) is 0 Å². The van der Waals surface area contributed by atoms with Gasteiger partial charge in [-0.1, -0.05) is 19.1 Å². The molecule has 0 aliphatic rings. The molecule has 0 saturated heterocycles. The molecule has 0 spiro atoms. The van der Waals surface area contributed by atoms with Gasteiger partial charge in [-0.2, -0.15) is 5.10 Å². The van der Waals surface area contributed by atoms with E-state index in [0.717, 1.165) is 12.2 Å². The molecule has 0 aliphatic carbocycles. The fourth-order valence-corrected chi connectivity index (χ4v) is 1.39. The summed E-state index contributed by atoms with van der Waals surface area (Å²) in [7, 11) is 0. The average molecular weight is 211 g/mol. The van der Waals surface area contributed by atoms with Gasteiger partial charge < -0.3 is 5.73 Å². The van der Waals surface area contributed by atoms with Crippen LogP contribution in [-0.2, 0) is 6.54 Å². The minimum atomic E-state index is 0.197. The summed E-state index contributed by atoms with van der Waals surface area (Å²) in [5, 5.41) is 4.43. The Labute approximate surface area is 90.3 Å². The van der Waals surface area contributed by atoms with Crippen LogP contribution in [0.25, 0.3) is 0 Å². The molecule has 1 unspecified atom stereocenters. The van der Waals surface area contributed by atoms with Crippen molar-refractivity contribution in [1.29, 1.82) is 0 Å². The summed E-state index contributed by atoms with van der Waals surface area (Å²) in [5.41, 5.74) is 9.10. The Morgan fingerprint density at radius 1 is 1.50 bits per heavy atom. The van der Waals surface area contributed by atoms with E-state index < -0.39 is 0 Å². The molecule has 1 aromatic heterocycles. The van der Waals surface area contributed by atoms with Crippen LogP contribution >= 0.6 is 12.2 Å². The highest BCUT2D eigenvalue weighted by Gasteiger charge is 2.11. The summed E-state index contributed by atoms with van der Waals surface area (Å²) in [6.45, 7) is 8.97. The third-order valence-corrected chi connectivity index (χ3v) is 3.08. The molecule has 1 rings (SSSR count). The van der Waals surface area contributed by atoms with Gasteiger partial charge >= 0.3 is 0 Å². The maximum atomic E-state index is 5.57. The summed E-state index contributed by atoms with van der Waals surface area (Å²) in [6.07, 6.45) is 0. The Kier molecular flexibility index (Phi) is 3.26. The van der Waals surface area contributed by atoms with Gasteiger partial charge in [0.05, 0.1) is 17.2 Å². The van der Waals surface area contributed by atoms with Crippen LogP contribution in [0.5, 0.6) is 0 Å². The van der Waals surface area contributed by atoms with Crippen molar-refractivity contribution in [3.63, 3.8) is 0 Å². The molecule has 0 amide bonds. The molecule has 0 saturated carbocycles. The van der Waals surface area contributed by atoms with Crippen molar-refractivity contribution in [2.45, 2.75) is 34.2 Å². The van der Waals surface area contributed by atoms with Crippen molar-refractivity contribution in [3.8, 4) is 0 Å². The van der Waals surface area contributed by atoms with E-state index in [2.05, 4.69) is 18.9 Å². The van der Waals surface area contributed by atoms with Crippen molar-refractivity contribution >= 4 is 17.2 Å². The largest absolute Gasteiger partial charge is 0.393 e. The van der Waals surface area contributed by atoms with E-state index in [9.17, 15) is 0 Å². The molecule has 1 atom stereocenters. The van der Waals surface area contributed by atoms with E-state index in [4.69, 9.17) is 18.0 Å². The Hall–Kier alpha value is -0.900. The summed E-state index contributed by atoms with van der Waals surface area (Å²) in [5.74, 6) is 0.197. The SMILES string of the molecule is Cc1nn(CC(C)C(N)=S)c(C)c1C. The van der Waals surface area contributed by atoms with Gasteiger partial charge in [-0.3, -0.25) is 4.68 Å². The molecule has 14 heavy (non-hydrogen) atoms. The Balaban J connectivity index is 2.87. The van der Waals surface area contributed by atoms with Crippen LogP contribution in [-0.4, -0.2) is 14.8 Å². The van der Waals surface area contributed by atoms with E-state index >= 15 is 0 Å². The summed E-state index contributed by atoms with van der Waals surface area (Å²) >= 11 is 4.94. The van der Waals surface area contributed by atoms with Crippen LogP contribution in [0.15, 0.2) is 0 Å². The summed E-state index contributed by atoms with van der Waals surface area (Å²) in [6, 6.07) is 0. The smallest absolute Gasteiger partial charge is 0.0774 e. The predicted molar refractivity (Wildman–Crippen MR) is 62.4 cm³/mol. The highest BCUT2D eigenvalue weighted by molar-refractivity contribution is 7.80. The topological polar surface area (TPSA) is 43.8 Å². The highest BCUT2D eigenvalue weighted by atomic mass is 32.1. The molecule has 2 N–H and O–H groups in total.